The Morgan fingerprint density at radius 2 is 2.11 bits per heavy atom. The number of carbonyl (C=O) groups is 3. The van der Waals surface area contributed by atoms with Gasteiger partial charge in [-0.1, -0.05) is 6.92 Å². The van der Waals surface area contributed by atoms with Crippen molar-refractivity contribution in [1.29, 1.82) is 0 Å². The van der Waals surface area contributed by atoms with Gasteiger partial charge in [0.1, 0.15) is 16.9 Å². The van der Waals surface area contributed by atoms with Gasteiger partial charge in [0.05, 0.1) is 10.6 Å². The highest BCUT2D eigenvalue weighted by molar-refractivity contribution is 7.20. The van der Waals surface area contributed by atoms with Crippen molar-refractivity contribution in [2.24, 2.45) is 13.0 Å². The second kappa shape index (κ2) is 7.30. The number of nitrogens with one attached hydrogen (secondary N) is 1. The van der Waals surface area contributed by atoms with Crippen LogP contribution in [-0.4, -0.2) is 56.2 Å². The normalized spacial score (nSPS) is 21.3. The highest BCUT2D eigenvalue weighted by Gasteiger charge is 2.36. The number of rotatable bonds is 4. The number of carboxylic acid groups (broad SMARTS) is 1. The van der Waals surface area contributed by atoms with Crippen LogP contribution in [0.2, 0.25) is 0 Å². The first kappa shape index (κ1) is 19.3. The third-order valence-corrected chi connectivity index (χ3v) is 6.27. The monoisotopic (exact) mass is 392 g/mol. The molecular formula is C18H24N4O4S. The van der Waals surface area contributed by atoms with Gasteiger partial charge in [-0.15, -0.1) is 11.3 Å². The largest absolute Gasteiger partial charge is 0.480 e. The van der Waals surface area contributed by atoms with Crippen LogP contribution in [0.1, 0.15) is 42.1 Å². The zero-order chi connectivity index (χ0) is 19.9. The molecule has 2 aromatic rings. The average molecular weight is 392 g/mol. The maximum Gasteiger partial charge on any atom is 0.326 e. The Kier molecular flexibility index (Phi) is 5.23. The summed E-state index contributed by atoms with van der Waals surface area (Å²) < 4.78 is 1.73. The summed E-state index contributed by atoms with van der Waals surface area (Å²) in [5.74, 6) is -1.44. The molecule has 3 unspecified atom stereocenters. The van der Waals surface area contributed by atoms with Crippen LogP contribution in [0, 0.1) is 12.8 Å². The molecule has 3 atom stereocenters. The molecule has 2 aromatic heterocycles. The molecule has 9 heteroatoms. The molecule has 1 saturated heterocycles. The molecule has 3 heterocycles. The van der Waals surface area contributed by atoms with E-state index >= 15 is 0 Å². The lowest BCUT2D eigenvalue weighted by atomic mass is 9.92. The van der Waals surface area contributed by atoms with E-state index < -0.39 is 18.1 Å². The zero-order valence-corrected chi connectivity index (χ0v) is 16.7. The second-order valence-corrected chi connectivity index (χ2v) is 8.28. The van der Waals surface area contributed by atoms with Gasteiger partial charge in [0, 0.05) is 19.0 Å². The van der Waals surface area contributed by atoms with E-state index in [4.69, 9.17) is 0 Å². The smallest absolute Gasteiger partial charge is 0.326 e. The van der Waals surface area contributed by atoms with Crippen LogP contribution >= 0.6 is 11.3 Å². The quantitative estimate of drug-likeness (QED) is 0.825. The van der Waals surface area contributed by atoms with Crippen LogP contribution in [0.15, 0.2) is 6.07 Å². The topological polar surface area (TPSA) is 105 Å². The lowest BCUT2D eigenvalue weighted by molar-refractivity contribution is -0.153. The number of piperidine rings is 1. The molecule has 0 aromatic carbocycles. The van der Waals surface area contributed by atoms with Crippen LogP contribution in [0.4, 0.5) is 0 Å². The fourth-order valence-electron chi connectivity index (χ4n) is 3.53. The van der Waals surface area contributed by atoms with Gasteiger partial charge in [-0.3, -0.25) is 14.3 Å². The van der Waals surface area contributed by atoms with Gasteiger partial charge in [-0.25, -0.2) is 4.79 Å². The fraction of sp³-hybridized carbons (Fsp3) is 0.556. The van der Waals surface area contributed by atoms with Gasteiger partial charge in [0.2, 0.25) is 5.91 Å². The highest BCUT2D eigenvalue weighted by atomic mass is 32.1. The molecule has 0 bridgehead atoms. The van der Waals surface area contributed by atoms with E-state index in [0.717, 1.165) is 22.3 Å². The van der Waals surface area contributed by atoms with Crippen molar-refractivity contribution in [3.8, 4) is 0 Å². The van der Waals surface area contributed by atoms with E-state index in [0.29, 0.717) is 17.8 Å². The standard InChI is InChI=1S/C18H24N4O4S/c1-9-5-6-22(13(7-9)18(25)26)16(24)11(3)19-15(23)14-8-12-10(2)20-21(4)17(12)27-14/h8-9,11,13H,5-7H2,1-4H3,(H,19,23)(H,25,26). The molecule has 1 aliphatic rings. The second-order valence-electron chi connectivity index (χ2n) is 7.25. The van der Waals surface area contributed by atoms with E-state index in [1.54, 1.807) is 17.7 Å². The number of hydrogen-bond acceptors (Lipinski definition) is 5. The molecule has 146 valence electrons. The van der Waals surface area contributed by atoms with E-state index in [2.05, 4.69) is 10.4 Å². The first-order valence-corrected chi connectivity index (χ1v) is 9.78. The highest BCUT2D eigenvalue weighted by Crippen LogP contribution is 2.28. The summed E-state index contributed by atoms with van der Waals surface area (Å²) >= 11 is 1.32. The van der Waals surface area contributed by atoms with E-state index in [9.17, 15) is 19.5 Å². The molecule has 0 radical (unpaired) electrons. The number of nitrogens with zero attached hydrogens (tertiary/aromatic N) is 3. The minimum Gasteiger partial charge on any atom is -0.480 e. The van der Waals surface area contributed by atoms with Crippen molar-refractivity contribution in [2.75, 3.05) is 6.54 Å². The molecule has 27 heavy (non-hydrogen) atoms. The minimum absolute atomic E-state index is 0.260. The maximum atomic E-state index is 12.8. The predicted octanol–water partition coefficient (Wildman–Crippen LogP) is 1.77. The Hall–Kier alpha value is -2.42. The molecule has 8 nitrogen and oxygen atoms in total. The Balaban J connectivity index is 1.72. The van der Waals surface area contributed by atoms with Crippen molar-refractivity contribution in [3.05, 3.63) is 16.6 Å². The molecule has 2 amide bonds. The number of aromatic nitrogens is 2. The van der Waals surface area contributed by atoms with Crippen LogP contribution in [0.5, 0.6) is 0 Å². The van der Waals surface area contributed by atoms with Gasteiger partial charge >= 0.3 is 5.97 Å². The van der Waals surface area contributed by atoms with E-state index in [1.165, 1.54) is 16.2 Å². The Morgan fingerprint density at radius 1 is 1.41 bits per heavy atom. The average Bonchev–Trinajstić information content (AvgIpc) is 3.16. The van der Waals surface area contributed by atoms with E-state index in [1.807, 2.05) is 20.9 Å². The number of aliphatic carboxylic acids is 1. The number of hydrogen-bond donors (Lipinski definition) is 2. The lowest BCUT2D eigenvalue weighted by Crippen LogP contribution is -2.55. The first-order chi connectivity index (χ1) is 12.7. The fourth-order valence-corrected chi connectivity index (χ4v) is 4.56. The Morgan fingerprint density at radius 3 is 2.74 bits per heavy atom. The van der Waals surface area contributed by atoms with Gasteiger partial charge in [-0.2, -0.15) is 5.10 Å². The summed E-state index contributed by atoms with van der Waals surface area (Å²) in [5, 5.41) is 17.4. The first-order valence-electron chi connectivity index (χ1n) is 8.96. The van der Waals surface area contributed by atoms with Gasteiger partial charge in [0.25, 0.3) is 5.91 Å². The van der Waals surface area contributed by atoms with Gasteiger partial charge in [-0.05, 0) is 38.7 Å². The number of carboxylic acids is 1. The van der Waals surface area contributed by atoms with Gasteiger partial charge in [0.15, 0.2) is 0 Å². The SMILES string of the molecule is Cc1nn(C)c2sc(C(=O)NC(C)C(=O)N3CCC(C)CC3C(=O)O)cc12. The van der Waals surface area contributed by atoms with Crippen LogP contribution in [0.3, 0.4) is 0 Å². The minimum atomic E-state index is -0.999. The van der Waals surface area contributed by atoms with Crippen molar-refractivity contribution >= 4 is 39.3 Å². The number of carbonyl (C=O) groups excluding carboxylic acids is 2. The summed E-state index contributed by atoms with van der Waals surface area (Å²) in [6, 6.07) is 0.146. The van der Waals surface area contributed by atoms with Gasteiger partial charge < -0.3 is 15.3 Å². The van der Waals surface area contributed by atoms with Crippen molar-refractivity contribution in [3.63, 3.8) is 0 Å². The number of aryl methyl sites for hydroxylation is 2. The number of thiophene rings is 1. The summed E-state index contributed by atoms with van der Waals surface area (Å²) in [5.41, 5.74) is 0.846. The summed E-state index contributed by atoms with van der Waals surface area (Å²) in [6.45, 7) is 5.86. The molecule has 0 spiro atoms. The molecule has 1 aliphatic heterocycles. The third kappa shape index (κ3) is 3.69. The number of likely N-dealkylation sites (tertiary alicyclic amines) is 1. The summed E-state index contributed by atoms with van der Waals surface area (Å²) in [6.07, 6.45) is 1.20. The number of amides is 2. The molecule has 2 N–H and O–H groups in total. The molecule has 0 aliphatic carbocycles. The van der Waals surface area contributed by atoms with Crippen molar-refractivity contribution in [2.45, 2.75) is 45.7 Å². The van der Waals surface area contributed by atoms with Crippen molar-refractivity contribution in [1.82, 2.24) is 20.0 Å². The third-order valence-electron chi connectivity index (χ3n) is 5.07. The van der Waals surface area contributed by atoms with Crippen LogP contribution < -0.4 is 5.32 Å². The summed E-state index contributed by atoms with van der Waals surface area (Å²) in [7, 11) is 1.82. The molecule has 3 rings (SSSR count). The van der Waals surface area contributed by atoms with Crippen LogP contribution in [0.25, 0.3) is 10.2 Å². The molecular weight excluding hydrogens is 368 g/mol. The summed E-state index contributed by atoms with van der Waals surface area (Å²) in [4.78, 5) is 39.6. The zero-order valence-electron chi connectivity index (χ0n) is 15.9. The van der Waals surface area contributed by atoms with E-state index in [-0.39, 0.29) is 17.7 Å². The lowest BCUT2D eigenvalue weighted by Gasteiger charge is -2.37. The molecule has 1 fully saturated rings. The number of fused-ring (bicyclic) bond motifs is 1. The molecule has 0 saturated carbocycles. The van der Waals surface area contributed by atoms with Crippen molar-refractivity contribution < 1.29 is 19.5 Å². The maximum absolute atomic E-state index is 12.8. The Labute approximate surface area is 161 Å². The van der Waals surface area contributed by atoms with Crippen LogP contribution in [-0.2, 0) is 16.6 Å². The predicted molar refractivity (Wildman–Crippen MR) is 102 cm³/mol. The Bertz CT molecular complexity index is 868.